The van der Waals surface area contributed by atoms with Gasteiger partial charge in [-0.05, 0) is 29.8 Å². The summed E-state index contributed by atoms with van der Waals surface area (Å²) < 4.78 is 0.946. The molecule has 2 aromatic rings. The van der Waals surface area contributed by atoms with E-state index in [4.69, 9.17) is 11.6 Å². The molecule has 108 valence electrons. The number of fused-ring (bicyclic) bond motifs is 1. The molecule has 0 saturated carbocycles. The summed E-state index contributed by atoms with van der Waals surface area (Å²) in [4.78, 5) is 13.9. The van der Waals surface area contributed by atoms with Gasteiger partial charge in [0.2, 0.25) is 5.91 Å². The Hall–Kier alpha value is -1.52. The van der Waals surface area contributed by atoms with Gasteiger partial charge in [0.25, 0.3) is 0 Å². The Kier molecular flexibility index (Phi) is 3.91. The fourth-order valence-electron chi connectivity index (χ4n) is 2.57. The molecule has 1 amide bonds. The molecule has 1 heterocycles. The molecule has 0 aliphatic carbocycles. The Morgan fingerprint density at radius 1 is 1.29 bits per heavy atom. The zero-order chi connectivity index (χ0) is 15.0. The molecule has 0 fully saturated rings. The van der Waals surface area contributed by atoms with Gasteiger partial charge in [-0.3, -0.25) is 4.79 Å². The number of carbonyl (C=O) groups excluding carboxylic acids is 1. The number of benzene rings is 2. The maximum absolute atomic E-state index is 12.2. The molecule has 3 nitrogen and oxygen atoms in total. The van der Waals surface area contributed by atoms with Crippen molar-refractivity contribution >= 4 is 44.8 Å². The van der Waals surface area contributed by atoms with Gasteiger partial charge in [-0.15, -0.1) is 0 Å². The Morgan fingerprint density at radius 2 is 2.05 bits per heavy atom. The smallest absolute Gasteiger partial charge is 0.229 e. The van der Waals surface area contributed by atoms with Gasteiger partial charge in [-0.1, -0.05) is 45.7 Å². The molecule has 2 aromatic carbocycles. The number of amides is 1. The zero-order valence-corrected chi connectivity index (χ0v) is 13.8. The van der Waals surface area contributed by atoms with Crippen LogP contribution in [0.1, 0.15) is 18.0 Å². The first-order chi connectivity index (χ1) is 10.1. The van der Waals surface area contributed by atoms with Crippen LogP contribution in [0.5, 0.6) is 0 Å². The molecule has 0 radical (unpaired) electrons. The minimum Gasteiger partial charge on any atom is -0.376 e. The van der Waals surface area contributed by atoms with Crippen molar-refractivity contribution in [2.45, 2.75) is 12.5 Å². The predicted molar refractivity (Wildman–Crippen MR) is 90.0 cm³/mol. The lowest BCUT2D eigenvalue weighted by Gasteiger charge is -2.32. The van der Waals surface area contributed by atoms with Crippen molar-refractivity contribution in [2.75, 3.05) is 17.3 Å². The molecule has 0 bridgehead atoms. The van der Waals surface area contributed by atoms with E-state index in [2.05, 4.69) is 21.2 Å². The summed E-state index contributed by atoms with van der Waals surface area (Å²) in [6, 6.07) is 13.5. The Morgan fingerprint density at radius 3 is 2.86 bits per heavy atom. The second-order valence-corrected chi connectivity index (χ2v) is 6.36. The van der Waals surface area contributed by atoms with Gasteiger partial charge >= 0.3 is 0 Å². The van der Waals surface area contributed by atoms with Gasteiger partial charge in [-0.25, -0.2) is 0 Å². The van der Waals surface area contributed by atoms with Crippen LogP contribution in [0.2, 0.25) is 5.02 Å². The third-order valence-electron chi connectivity index (χ3n) is 3.68. The third kappa shape index (κ3) is 2.78. The van der Waals surface area contributed by atoms with Crippen LogP contribution < -0.4 is 10.2 Å². The van der Waals surface area contributed by atoms with Crippen LogP contribution in [-0.2, 0) is 4.79 Å². The molecule has 0 saturated heterocycles. The number of nitrogens with one attached hydrogen (secondary N) is 1. The molecule has 3 rings (SSSR count). The Balaban J connectivity index is 1.98. The summed E-state index contributed by atoms with van der Waals surface area (Å²) >= 11 is 9.67. The molecular weight excluding hydrogens is 352 g/mol. The number of para-hydroxylation sites is 1. The van der Waals surface area contributed by atoms with E-state index < -0.39 is 0 Å². The summed E-state index contributed by atoms with van der Waals surface area (Å²) in [6.45, 7) is 0. The number of halogens is 2. The first-order valence-corrected chi connectivity index (χ1v) is 7.80. The van der Waals surface area contributed by atoms with Crippen LogP contribution in [0.4, 0.5) is 11.4 Å². The summed E-state index contributed by atoms with van der Waals surface area (Å²) in [7, 11) is 1.81. The van der Waals surface area contributed by atoms with Crippen molar-refractivity contribution in [1.29, 1.82) is 0 Å². The van der Waals surface area contributed by atoms with Gasteiger partial charge in [0.15, 0.2) is 0 Å². The highest BCUT2D eigenvalue weighted by Gasteiger charge is 2.29. The molecule has 0 aromatic heterocycles. The average molecular weight is 366 g/mol. The SMILES string of the molecule is CN1C(=O)CC(Nc2cc(Br)ccc2Cl)c2ccccc21. The van der Waals surface area contributed by atoms with E-state index in [1.165, 1.54) is 0 Å². The second-order valence-electron chi connectivity index (χ2n) is 5.04. The maximum Gasteiger partial charge on any atom is 0.229 e. The van der Waals surface area contributed by atoms with Crippen LogP contribution in [0.15, 0.2) is 46.9 Å². The van der Waals surface area contributed by atoms with E-state index in [9.17, 15) is 4.79 Å². The van der Waals surface area contributed by atoms with Crippen molar-refractivity contribution in [3.8, 4) is 0 Å². The summed E-state index contributed by atoms with van der Waals surface area (Å²) in [5.41, 5.74) is 2.87. The Bertz CT molecular complexity index is 704. The number of anilines is 2. The fourth-order valence-corrected chi connectivity index (χ4v) is 3.10. The minimum absolute atomic E-state index is 0.0725. The van der Waals surface area contributed by atoms with E-state index in [1.54, 1.807) is 4.90 Å². The fraction of sp³-hybridized carbons (Fsp3) is 0.188. The van der Waals surface area contributed by atoms with Gasteiger partial charge in [-0.2, -0.15) is 0 Å². The molecule has 1 N–H and O–H groups in total. The number of hydrogen-bond donors (Lipinski definition) is 1. The third-order valence-corrected chi connectivity index (χ3v) is 4.51. The van der Waals surface area contributed by atoms with Crippen LogP contribution in [0.3, 0.4) is 0 Å². The van der Waals surface area contributed by atoms with Gasteiger partial charge in [0.1, 0.15) is 0 Å². The standard InChI is InChI=1S/C16H14BrClN2O/c1-20-15-5-3-2-4-11(15)13(9-16(20)21)19-14-8-10(17)6-7-12(14)18/h2-8,13,19H,9H2,1H3. The number of rotatable bonds is 2. The highest BCUT2D eigenvalue weighted by atomic mass is 79.9. The highest BCUT2D eigenvalue weighted by Crippen LogP contribution is 2.37. The summed E-state index contributed by atoms with van der Waals surface area (Å²) in [5, 5.41) is 4.03. The van der Waals surface area contributed by atoms with Crippen molar-refractivity contribution in [2.24, 2.45) is 0 Å². The molecule has 21 heavy (non-hydrogen) atoms. The van der Waals surface area contributed by atoms with Crippen molar-refractivity contribution in [3.05, 3.63) is 57.5 Å². The summed E-state index contributed by atoms with van der Waals surface area (Å²) in [6.07, 6.45) is 0.413. The first kappa shape index (κ1) is 14.4. The van der Waals surface area contributed by atoms with Crippen LogP contribution in [0.25, 0.3) is 0 Å². The second kappa shape index (κ2) is 5.70. The number of carbonyl (C=O) groups is 1. The monoisotopic (exact) mass is 364 g/mol. The van der Waals surface area contributed by atoms with Crippen molar-refractivity contribution in [1.82, 2.24) is 0 Å². The molecular formula is C16H14BrClN2O. The van der Waals surface area contributed by atoms with E-state index in [0.717, 1.165) is 21.4 Å². The van der Waals surface area contributed by atoms with Gasteiger partial charge in [0, 0.05) is 17.2 Å². The average Bonchev–Trinajstić information content (AvgIpc) is 2.48. The largest absolute Gasteiger partial charge is 0.376 e. The van der Waals surface area contributed by atoms with E-state index >= 15 is 0 Å². The quantitative estimate of drug-likeness (QED) is 0.842. The molecule has 1 atom stereocenters. The number of nitrogens with zero attached hydrogens (tertiary/aromatic N) is 1. The minimum atomic E-state index is -0.0725. The van der Waals surface area contributed by atoms with Crippen LogP contribution >= 0.6 is 27.5 Å². The maximum atomic E-state index is 12.2. The normalized spacial score (nSPS) is 17.6. The van der Waals surface area contributed by atoms with Crippen LogP contribution in [0, 0.1) is 0 Å². The van der Waals surface area contributed by atoms with E-state index in [-0.39, 0.29) is 11.9 Å². The van der Waals surface area contributed by atoms with Gasteiger partial charge in [0.05, 0.1) is 23.2 Å². The molecule has 1 aliphatic rings. The van der Waals surface area contributed by atoms with Crippen LogP contribution in [-0.4, -0.2) is 13.0 Å². The topological polar surface area (TPSA) is 32.3 Å². The van der Waals surface area contributed by atoms with E-state index in [0.29, 0.717) is 11.4 Å². The highest BCUT2D eigenvalue weighted by molar-refractivity contribution is 9.10. The lowest BCUT2D eigenvalue weighted by molar-refractivity contribution is -0.118. The van der Waals surface area contributed by atoms with Crippen molar-refractivity contribution < 1.29 is 4.79 Å². The lowest BCUT2D eigenvalue weighted by Crippen LogP contribution is -2.35. The lowest BCUT2D eigenvalue weighted by atomic mass is 9.96. The molecule has 1 unspecified atom stereocenters. The first-order valence-electron chi connectivity index (χ1n) is 6.63. The summed E-state index contributed by atoms with van der Waals surface area (Å²) in [5.74, 6) is 0.0947. The number of hydrogen-bond acceptors (Lipinski definition) is 2. The zero-order valence-electron chi connectivity index (χ0n) is 11.4. The van der Waals surface area contributed by atoms with Gasteiger partial charge < -0.3 is 10.2 Å². The van der Waals surface area contributed by atoms with E-state index in [1.807, 2.05) is 49.5 Å². The molecule has 1 aliphatic heterocycles. The Labute approximate surface area is 137 Å². The molecule has 0 spiro atoms. The predicted octanol–water partition coefficient (Wildman–Crippen LogP) is 4.62. The van der Waals surface area contributed by atoms with Crippen molar-refractivity contribution in [3.63, 3.8) is 0 Å². The molecule has 5 heteroatoms.